The molecule has 4 saturated carbocycles. The van der Waals surface area contributed by atoms with Crippen LogP contribution in [0.15, 0.2) is 36.5 Å². The lowest BCUT2D eigenvalue weighted by Gasteiger charge is -2.61. The summed E-state index contributed by atoms with van der Waals surface area (Å²) in [5.74, 6) is 4.58. The maximum absolute atomic E-state index is 12.9. The number of hydrogen-bond acceptors (Lipinski definition) is 5. The smallest absolute Gasteiger partial charge is 0.223 e. The molecule has 1 aliphatic heterocycles. The first-order valence-electron chi connectivity index (χ1n) is 18.7. The number of carbonyl (C=O) groups excluding carboxylic acids is 1. The van der Waals surface area contributed by atoms with Crippen LogP contribution in [0.2, 0.25) is 0 Å². The van der Waals surface area contributed by atoms with Crippen molar-refractivity contribution in [1.82, 2.24) is 20.3 Å². The predicted octanol–water partition coefficient (Wildman–Crippen LogP) is 7.59. The topological polar surface area (TPSA) is 78.3 Å². The third-order valence-corrected chi connectivity index (χ3v) is 14.2. The molecule has 1 aromatic carbocycles. The molecular formula is C39H58N4O3. The maximum Gasteiger partial charge on any atom is 0.223 e. The van der Waals surface area contributed by atoms with Crippen molar-refractivity contribution in [2.45, 2.75) is 137 Å². The fraction of sp³-hybridized carbons (Fsp3) is 0.769. The maximum atomic E-state index is 12.9. The Morgan fingerprint density at radius 1 is 1.09 bits per heavy atom. The van der Waals surface area contributed by atoms with E-state index in [9.17, 15) is 4.79 Å². The monoisotopic (exact) mass is 630 g/mol. The molecule has 1 amide bonds. The summed E-state index contributed by atoms with van der Waals surface area (Å²) in [6.07, 6.45) is 15.4. The summed E-state index contributed by atoms with van der Waals surface area (Å²) in [7, 11) is 0. The lowest BCUT2D eigenvalue weighted by Crippen LogP contribution is -2.54. The van der Waals surface area contributed by atoms with Crippen molar-refractivity contribution in [2.24, 2.45) is 52.3 Å². The van der Waals surface area contributed by atoms with Gasteiger partial charge in [0.15, 0.2) is 0 Å². The van der Waals surface area contributed by atoms with Gasteiger partial charge in [-0.3, -0.25) is 9.48 Å². The van der Waals surface area contributed by atoms with Crippen LogP contribution in [0.5, 0.6) is 0 Å². The zero-order chi connectivity index (χ0) is 32.1. The number of rotatable bonds is 10. The Kier molecular flexibility index (Phi) is 9.12. The van der Waals surface area contributed by atoms with Crippen molar-refractivity contribution in [3.05, 3.63) is 47.8 Å². The van der Waals surface area contributed by atoms with Crippen LogP contribution in [0.3, 0.4) is 0 Å². The lowest BCUT2D eigenvalue weighted by molar-refractivity contribution is -0.139. The van der Waals surface area contributed by atoms with E-state index in [-0.39, 0.29) is 17.9 Å². The third kappa shape index (κ3) is 5.86. The molecule has 1 aromatic heterocycles. The van der Waals surface area contributed by atoms with Crippen LogP contribution in [0, 0.1) is 52.3 Å². The average Bonchev–Trinajstić information content (AvgIpc) is 3.75. The first-order valence-corrected chi connectivity index (χ1v) is 18.7. The van der Waals surface area contributed by atoms with Crippen molar-refractivity contribution in [2.75, 3.05) is 0 Å². The molecular weight excluding hydrogens is 572 g/mol. The molecule has 4 aliphatic carbocycles. The largest absolute Gasteiger partial charge is 0.374 e. The van der Waals surface area contributed by atoms with Crippen LogP contribution in [0.4, 0.5) is 0 Å². The molecule has 7 heteroatoms. The quantitative estimate of drug-likeness (QED) is 0.293. The van der Waals surface area contributed by atoms with Crippen LogP contribution in [0.1, 0.15) is 110 Å². The number of hydrogen-bond donors (Lipinski definition) is 1. The number of nitrogens with zero attached hydrogens (tertiary/aromatic N) is 3. The first-order chi connectivity index (χ1) is 22.2. The van der Waals surface area contributed by atoms with Crippen LogP contribution in [-0.4, -0.2) is 39.2 Å². The highest BCUT2D eigenvalue weighted by Crippen LogP contribution is 2.70. The summed E-state index contributed by atoms with van der Waals surface area (Å²) in [4.78, 5) is 12.9. The summed E-state index contributed by atoms with van der Waals surface area (Å²) >= 11 is 0. The number of ether oxygens (including phenoxy) is 2. The first kappa shape index (κ1) is 32.3. The van der Waals surface area contributed by atoms with Gasteiger partial charge in [0.05, 0.1) is 37.7 Å². The minimum absolute atomic E-state index is 0.0361. The van der Waals surface area contributed by atoms with Gasteiger partial charge in [-0.25, -0.2) is 0 Å². The molecule has 0 bridgehead atoms. The molecule has 1 saturated heterocycles. The third-order valence-electron chi connectivity index (χ3n) is 14.2. The second kappa shape index (κ2) is 13.0. The van der Waals surface area contributed by atoms with Crippen molar-refractivity contribution < 1.29 is 14.3 Å². The van der Waals surface area contributed by atoms with Gasteiger partial charge in [-0.2, -0.15) is 0 Å². The number of benzene rings is 1. The normalized spacial score (nSPS) is 40.4. The van der Waals surface area contributed by atoms with Gasteiger partial charge in [0, 0.05) is 12.5 Å². The summed E-state index contributed by atoms with van der Waals surface area (Å²) in [5.41, 5.74) is 2.95. The Hall–Kier alpha value is -2.25. The summed E-state index contributed by atoms with van der Waals surface area (Å²) in [6, 6.07) is 10.7. The van der Waals surface area contributed by atoms with E-state index in [0.29, 0.717) is 41.4 Å². The molecule has 7 nitrogen and oxygen atoms in total. The molecule has 7 rings (SSSR count). The van der Waals surface area contributed by atoms with Crippen LogP contribution >= 0.6 is 0 Å². The van der Waals surface area contributed by atoms with E-state index in [1.165, 1.54) is 56.9 Å². The lowest BCUT2D eigenvalue weighted by atomic mass is 9.44. The second-order valence-electron chi connectivity index (χ2n) is 16.5. The highest BCUT2D eigenvalue weighted by molar-refractivity contribution is 5.78. The molecule has 46 heavy (non-hydrogen) atoms. The SMILES string of the molecule is CCn1cc(CNC(=O)[C@@H](C)CC[C@H]2O[C@H]3C[C@H]4[C@@H]5CC[C@@H]6C[C@@H](OCc7ccccc7)CC[C@]6(C)[C@H]5CC[C@]4(C)[C@H]3[C@@H]2C)nn1. The summed E-state index contributed by atoms with van der Waals surface area (Å²) < 4.78 is 15.2. The van der Waals surface area contributed by atoms with E-state index in [0.717, 1.165) is 55.4 Å². The van der Waals surface area contributed by atoms with Crippen LogP contribution < -0.4 is 5.32 Å². The summed E-state index contributed by atoms with van der Waals surface area (Å²) in [6.45, 7) is 13.8. The number of aryl methyl sites for hydroxylation is 1. The van der Waals surface area contributed by atoms with E-state index in [1.807, 2.05) is 13.1 Å². The number of fused-ring (bicyclic) bond motifs is 7. The molecule has 5 fully saturated rings. The average molecular weight is 631 g/mol. The van der Waals surface area contributed by atoms with E-state index < -0.39 is 0 Å². The molecule has 2 aromatic rings. The van der Waals surface area contributed by atoms with Gasteiger partial charge in [-0.15, -0.1) is 5.10 Å². The molecule has 0 spiro atoms. The van der Waals surface area contributed by atoms with Gasteiger partial charge in [0.1, 0.15) is 5.69 Å². The van der Waals surface area contributed by atoms with Gasteiger partial charge >= 0.3 is 0 Å². The molecule has 12 atom stereocenters. The minimum atomic E-state index is -0.0361. The van der Waals surface area contributed by atoms with Crippen molar-refractivity contribution in [1.29, 1.82) is 0 Å². The number of aromatic nitrogens is 3. The number of amides is 1. The fourth-order valence-electron chi connectivity index (χ4n) is 11.6. The van der Waals surface area contributed by atoms with Crippen LogP contribution in [0.25, 0.3) is 0 Å². The highest BCUT2D eigenvalue weighted by atomic mass is 16.5. The Labute approximate surface area is 277 Å². The van der Waals surface area contributed by atoms with E-state index in [2.05, 4.69) is 73.7 Å². The van der Waals surface area contributed by atoms with Gasteiger partial charge in [0.2, 0.25) is 5.91 Å². The molecule has 252 valence electrons. The Morgan fingerprint density at radius 2 is 1.89 bits per heavy atom. The zero-order valence-electron chi connectivity index (χ0n) is 29.0. The minimum Gasteiger partial charge on any atom is -0.374 e. The standard InChI is InChI=1S/C39H58N4O3/c1-6-43-23-29(41-42-43)22-40-37(44)25(2)12-15-34-26(3)36-35(46-34)21-33-31-14-13-28-20-30(45-24-27-10-8-7-9-11-27)16-18-38(28,4)32(31)17-19-39(33,36)5/h7-11,23,25-26,28,30-36H,6,12-22,24H2,1-5H3,(H,40,44)/t25-,26+,28+,30-,31+,32-,33-,34+,35-,36-,38-,39-/m0/s1. The predicted molar refractivity (Wildman–Crippen MR) is 179 cm³/mol. The molecule has 5 aliphatic rings. The Balaban J connectivity index is 0.922. The van der Waals surface area contributed by atoms with Crippen molar-refractivity contribution in [3.63, 3.8) is 0 Å². The van der Waals surface area contributed by atoms with E-state index in [4.69, 9.17) is 9.47 Å². The molecule has 1 N–H and O–H groups in total. The zero-order valence-corrected chi connectivity index (χ0v) is 29.0. The van der Waals surface area contributed by atoms with Gasteiger partial charge in [-0.1, -0.05) is 63.2 Å². The van der Waals surface area contributed by atoms with Crippen molar-refractivity contribution in [3.8, 4) is 0 Å². The van der Waals surface area contributed by atoms with Gasteiger partial charge in [-0.05, 0) is 123 Å². The number of carbonyl (C=O) groups is 1. The fourth-order valence-corrected chi connectivity index (χ4v) is 11.6. The summed E-state index contributed by atoms with van der Waals surface area (Å²) in [5, 5.41) is 11.3. The Bertz CT molecular complexity index is 1350. The molecule has 0 unspecified atom stereocenters. The van der Waals surface area contributed by atoms with E-state index >= 15 is 0 Å². The molecule has 2 heterocycles. The van der Waals surface area contributed by atoms with Crippen LogP contribution in [-0.2, 0) is 34.0 Å². The van der Waals surface area contributed by atoms with Gasteiger partial charge < -0.3 is 14.8 Å². The molecule has 0 radical (unpaired) electrons. The Morgan fingerprint density at radius 3 is 2.67 bits per heavy atom. The second-order valence-corrected chi connectivity index (χ2v) is 16.5. The van der Waals surface area contributed by atoms with Crippen molar-refractivity contribution >= 4 is 5.91 Å². The van der Waals surface area contributed by atoms with E-state index in [1.54, 1.807) is 4.68 Å². The highest BCUT2D eigenvalue weighted by Gasteiger charge is 2.65. The van der Waals surface area contributed by atoms with Gasteiger partial charge in [0.25, 0.3) is 0 Å². The number of nitrogens with one attached hydrogen (secondary N) is 1.